The molecule has 6 aliphatic rings. The highest BCUT2D eigenvalue weighted by atomic mass is 16.5. The normalized spacial score (nSPS) is 54.2. The number of fused-ring (bicyclic) bond motifs is 6. The zero-order valence-electron chi connectivity index (χ0n) is 20.8. The van der Waals surface area contributed by atoms with Crippen molar-refractivity contribution >= 4 is 5.71 Å². The number of ether oxygens (including phenoxy) is 1. The molecule has 0 radical (unpaired) electrons. The maximum absolute atomic E-state index is 7.04. The number of hydrazone groups is 1. The van der Waals surface area contributed by atoms with Gasteiger partial charge in [0.05, 0.1) is 11.7 Å². The second-order valence-corrected chi connectivity index (χ2v) is 13.1. The Balaban J connectivity index is 1.27. The van der Waals surface area contributed by atoms with Crippen molar-refractivity contribution in [3.05, 3.63) is 11.1 Å². The molecule has 0 aromatic heterocycles. The van der Waals surface area contributed by atoms with E-state index in [1.54, 1.807) is 5.57 Å². The Morgan fingerprint density at radius 3 is 2.78 bits per heavy atom. The monoisotopic (exact) mass is 439 g/mol. The molecule has 32 heavy (non-hydrogen) atoms. The van der Waals surface area contributed by atoms with Crippen LogP contribution in [0.15, 0.2) is 16.2 Å². The molecule has 0 unspecified atom stereocenters. The first kappa shape index (κ1) is 21.6. The Bertz CT molecular complexity index is 835. The van der Waals surface area contributed by atoms with E-state index in [1.165, 1.54) is 57.1 Å². The fraction of sp³-hybridized carbons (Fsp3) is 0.893. The van der Waals surface area contributed by atoms with Gasteiger partial charge < -0.3 is 15.9 Å². The minimum absolute atomic E-state index is 0.0712. The average molecular weight is 440 g/mol. The second kappa shape index (κ2) is 7.57. The van der Waals surface area contributed by atoms with Crippen molar-refractivity contribution in [1.29, 1.82) is 0 Å². The van der Waals surface area contributed by atoms with Crippen LogP contribution >= 0.6 is 0 Å². The van der Waals surface area contributed by atoms with Crippen molar-refractivity contribution in [2.75, 3.05) is 6.54 Å². The van der Waals surface area contributed by atoms with E-state index in [1.807, 2.05) is 5.57 Å². The summed E-state index contributed by atoms with van der Waals surface area (Å²) >= 11 is 0. The van der Waals surface area contributed by atoms with Crippen LogP contribution in [-0.2, 0) is 4.74 Å². The zero-order chi connectivity index (χ0) is 22.3. The first-order valence-electron chi connectivity index (χ1n) is 13.7. The number of nitrogens with one attached hydrogen (secondary N) is 1. The number of nitrogens with two attached hydrogens (primary N) is 1. The van der Waals surface area contributed by atoms with E-state index in [0.29, 0.717) is 23.5 Å². The highest BCUT2D eigenvalue weighted by Gasteiger charge is 2.59. The molecular weight excluding hydrogens is 394 g/mol. The van der Waals surface area contributed by atoms with E-state index in [9.17, 15) is 0 Å². The summed E-state index contributed by atoms with van der Waals surface area (Å²) in [5.74, 6) is 10.4. The summed E-state index contributed by atoms with van der Waals surface area (Å²) in [6.45, 7) is 11.1. The van der Waals surface area contributed by atoms with Gasteiger partial charge in [-0.15, -0.1) is 0 Å². The summed E-state index contributed by atoms with van der Waals surface area (Å²) in [6.07, 6.45) is 13.2. The molecule has 0 aromatic carbocycles. The van der Waals surface area contributed by atoms with Crippen molar-refractivity contribution in [2.24, 2.45) is 51.9 Å². The molecule has 10 atom stereocenters. The van der Waals surface area contributed by atoms with Crippen molar-refractivity contribution in [1.82, 2.24) is 5.32 Å². The Kier molecular flexibility index (Phi) is 5.12. The lowest BCUT2D eigenvalue weighted by atomic mass is 9.52. The smallest absolute Gasteiger partial charge is 0.0765 e. The first-order chi connectivity index (χ1) is 15.3. The maximum atomic E-state index is 7.04. The van der Waals surface area contributed by atoms with Crippen LogP contribution in [-0.4, -0.2) is 30.0 Å². The molecule has 5 fully saturated rings. The molecule has 1 spiro atoms. The Hall–Kier alpha value is -0.870. The molecule has 2 heterocycles. The highest BCUT2D eigenvalue weighted by molar-refractivity contribution is 5.85. The molecule has 0 bridgehead atoms. The molecule has 6 rings (SSSR count). The van der Waals surface area contributed by atoms with Gasteiger partial charge in [0.1, 0.15) is 0 Å². The van der Waals surface area contributed by atoms with E-state index in [2.05, 4.69) is 38.1 Å². The van der Waals surface area contributed by atoms with Gasteiger partial charge >= 0.3 is 0 Å². The fourth-order valence-electron chi connectivity index (χ4n) is 9.74. The van der Waals surface area contributed by atoms with Crippen LogP contribution in [0.5, 0.6) is 0 Å². The Labute approximate surface area is 195 Å². The van der Waals surface area contributed by atoms with Gasteiger partial charge in [-0.2, -0.15) is 5.10 Å². The van der Waals surface area contributed by atoms with E-state index in [-0.39, 0.29) is 5.60 Å². The van der Waals surface area contributed by atoms with Crippen LogP contribution in [0, 0.1) is 40.9 Å². The van der Waals surface area contributed by atoms with Crippen LogP contribution < -0.4 is 11.2 Å². The number of rotatable bonds is 0. The van der Waals surface area contributed by atoms with Crippen LogP contribution in [0.25, 0.3) is 0 Å². The quantitative estimate of drug-likeness (QED) is 0.301. The van der Waals surface area contributed by atoms with E-state index >= 15 is 0 Å². The first-order valence-corrected chi connectivity index (χ1v) is 13.7. The van der Waals surface area contributed by atoms with Gasteiger partial charge in [-0.3, -0.25) is 0 Å². The molecule has 4 nitrogen and oxygen atoms in total. The molecule has 178 valence electrons. The minimum atomic E-state index is 0.0712. The highest BCUT2D eigenvalue weighted by Crippen LogP contribution is 2.65. The summed E-state index contributed by atoms with van der Waals surface area (Å²) in [7, 11) is 0. The Morgan fingerprint density at radius 2 is 1.97 bits per heavy atom. The summed E-state index contributed by atoms with van der Waals surface area (Å²) in [6, 6.07) is 0.560. The molecular formula is C28H45N3O. The van der Waals surface area contributed by atoms with E-state index in [0.717, 1.165) is 49.0 Å². The topological polar surface area (TPSA) is 59.6 Å². The van der Waals surface area contributed by atoms with Gasteiger partial charge in [0.2, 0.25) is 0 Å². The fourth-order valence-corrected chi connectivity index (χ4v) is 9.74. The average Bonchev–Trinajstić information content (AvgIpc) is 3.23. The SMILES string of the molecule is CC1=C2C[C@H]3[C@@H](CC[C@@H]4C/C(=N/N)CC[C@@]43C)[C@@H]2CC[C@@]2(C1)O[C@@H]1C[C@H](C)CN[C@H]1[C@H]2C. The maximum Gasteiger partial charge on any atom is 0.0765 e. The predicted octanol–water partition coefficient (Wildman–Crippen LogP) is 5.43. The van der Waals surface area contributed by atoms with Crippen LogP contribution in [0.2, 0.25) is 0 Å². The molecule has 0 aromatic rings. The summed E-state index contributed by atoms with van der Waals surface area (Å²) in [5, 5.41) is 7.99. The summed E-state index contributed by atoms with van der Waals surface area (Å²) in [4.78, 5) is 0. The van der Waals surface area contributed by atoms with Crippen LogP contribution in [0.4, 0.5) is 0 Å². The lowest BCUT2D eigenvalue weighted by molar-refractivity contribution is -0.0734. The number of piperidine rings is 1. The van der Waals surface area contributed by atoms with E-state index < -0.39 is 0 Å². The molecule has 4 heteroatoms. The number of hydrogen-bond donors (Lipinski definition) is 2. The van der Waals surface area contributed by atoms with Gasteiger partial charge in [0, 0.05) is 17.7 Å². The largest absolute Gasteiger partial charge is 0.369 e. The number of nitrogens with zero attached hydrogens (tertiary/aromatic N) is 1. The zero-order valence-corrected chi connectivity index (χ0v) is 20.8. The number of allylic oxidation sites excluding steroid dienone is 1. The van der Waals surface area contributed by atoms with Crippen molar-refractivity contribution in [2.45, 2.75) is 110 Å². The summed E-state index contributed by atoms with van der Waals surface area (Å²) in [5.41, 5.74) is 5.37. The summed E-state index contributed by atoms with van der Waals surface area (Å²) < 4.78 is 7.04. The van der Waals surface area contributed by atoms with Crippen LogP contribution in [0.3, 0.4) is 0 Å². The second-order valence-electron chi connectivity index (χ2n) is 13.1. The standard InChI is InChI=1S/C28H45N3O/c1-16-11-25-26(30-15-16)18(3)28(32-25)10-8-21-22-6-5-19-12-20(31-29)7-9-27(19,4)24(22)13-23(21)17(2)14-28/h16,18-19,21-22,24-26,30H,5-15,29H2,1-4H3/b31-20+/t16-,18+,19+,21-,22-,24-,25+,26-,27-,28-/m0/s1. The van der Waals surface area contributed by atoms with Gasteiger partial charge in [0.25, 0.3) is 0 Å². The van der Waals surface area contributed by atoms with Gasteiger partial charge in [0.15, 0.2) is 0 Å². The molecule has 4 aliphatic carbocycles. The lowest BCUT2D eigenvalue weighted by Gasteiger charge is -2.52. The van der Waals surface area contributed by atoms with Crippen molar-refractivity contribution in [3.8, 4) is 0 Å². The van der Waals surface area contributed by atoms with Gasteiger partial charge in [-0.25, -0.2) is 0 Å². The molecule has 3 N–H and O–H groups in total. The molecule has 3 saturated carbocycles. The molecule has 2 saturated heterocycles. The molecule has 0 amide bonds. The van der Waals surface area contributed by atoms with Gasteiger partial charge in [-0.1, -0.05) is 31.9 Å². The van der Waals surface area contributed by atoms with Crippen molar-refractivity contribution < 1.29 is 4.74 Å². The Morgan fingerprint density at radius 1 is 1.12 bits per heavy atom. The third-order valence-corrected chi connectivity index (χ3v) is 11.6. The minimum Gasteiger partial charge on any atom is -0.369 e. The van der Waals surface area contributed by atoms with Crippen molar-refractivity contribution in [3.63, 3.8) is 0 Å². The third kappa shape index (κ3) is 3.04. The lowest BCUT2D eigenvalue weighted by Crippen LogP contribution is -2.48. The third-order valence-electron chi connectivity index (χ3n) is 11.6. The predicted molar refractivity (Wildman–Crippen MR) is 130 cm³/mol. The van der Waals surface area contributed by atoms with E-state index in [4.69, 9.17) is 10.6 Å². The van der Waals surface area contributed by atoms with Gasteiger partial charge in [-0.05, 0) is 113 Å². The number of hydrogen-bond acceptors (Lipinski definition) is 4. The van der Waals surface area contributed by atoms with Crippen LogP contribution in [0.1, 0.15) is 91.9 Å². The molecule has 2 aliphatic heterocycles.